The summed E-state index contributed by atoms with van der Waals surface area (Å²) in [6, 6.07) is 8.96. The van der Waals surface area contributed by atoms with Crippen molar-refractivity contribution in [2.45, 2.75) is 6.92 Å². The van der Waals surface area contributed by atoms with Crippen LogP contribution < -0.4 is 5.32 Å². The number of halogens is 3. The van der Waals surface area contributed by atoms with E-state index in [1.165, 1.54) is 12.1 Å². The monoisotopic (exact) mass is 297 g/mol. The van der Waals surface area contributed by atoms with Gasteiger partial charge in [0.15, 0.2) is 0 Å². The summed E-state index contributed by atoms with van der Waals surface area (Å²) >= 11 is 11.5. The number of hydrogen-bond donors (Lipinski definition) is 1. The van der Waals surface area contributed by atoms with E-state index in [9.17, 15) is 9.18 Å². The number of hydrogen-bond acceptors (Lipinski definition) is 1. The highest BCUT2D eigenvalue weighted by molar-refractivity contribution is 6.31. The molecule has 0 aliphatic carbocycles. The second-order valence-corrected chi connectivity index (χ2v) is 4.91. The zero-order valence-electron chi connectivity index (χ0n) is 10.0. The Morgan fingerprint density at radius 1 is 1.11 bits per heavy atom. The average molecular weight is 298 g/mol. The minimum atomic E-state index is -0.656. The Bertz CT molecular complexity index is 643. The van der Waals surface area contributed by atoms with Crippen LogP contribution in [0.15, 0.2) is 36.4 Å². The molecule has 5 heteroatoms. The van der Waals surface area contributed by atoms with Gasteiger partial charge in [-0.3, -0.25) is 4.79 Å². The molecule has 0 aliphatic heterocycles. The molecule has 0 atom stereocenters. The Kier molecular flexibility index (Phi) is 4.08. The van der Waals surface area contributed by atoms with Crippen LogP contribution in [0.3, 0.4) is 0 Å². The molecule has 0 unspecified atom stereocenters. The molecule has 2 nitrogen and oxygen atoms in total. The van der Waals surface area contributed by atoms with Crippen LogP contribution in [0.5, 0.6) is 0 Å². The van der Waals surface area contributed by atoms with Gasteiger partial charge in [0.1, 0.15) is 5.82 Å². The number of aryl methyl sites for hydroxylation is 1. The number of amides is 1. The highest BCUT2D eigenvalue weighted by Gasteiger charge is 2.13. The molecule has 0 spiro atoms. The van der Waals surface area contributed by atoms with E-state index >= 15 is 0 Å². The van der Waals surface area contributed by atoms with E-state index in [0.717, 1.165) is 11.6 Å². The van der Waals surface area contributed by atoms with Crippen LogP contribution in [-0.2, 0) is 0 Å². The van der Waals surface area contributed by atoms with Crippen molar-refractivity contribution >= 4 is 34.8 Å². The normalized spacial score (nSPS) is 10.3. The second-order valence-electron chi connectivity index (χ2n) is 4.04. The summed E-state index contributed by atoms with van der Waals surface area (Å²) in [5, 5.41) is 3.46. The summed E-state index contributed by atoms with van der Waals surface area (Å²) in [6.07, 6.45) is 0. The van der Waals surface area contributed by atoms with E-state index in [0.29, 0.717) is 10.7 Å². The summed E-state index contributed by atoms with van der Waals surface area (Å²) in [4.78, 5) is 12.0. The molecule has 0 fully saturated rings. The van der Waals surface area contributed by atoms with Gasteiger partial charge in [-0.2, -0.15) is 0 Å². The first-order valence-electron chi connectivity index (χ1n) is 5.50. The molecule has 0 radical (unpaired) electrons. The van der Waals surface area contributed by atoms with Crippen LogP contribution in [-0.4, -0.2) is 5.91 Å². The third-order valence-electron chi connectivity index (χ3n) is 2.61. The van der Waals surface area contributed by atoms with Crippen molar-refractivity contribution in [3.05, 3.63) is 63.4 Å². The van der Waals surface area contributed by atoms with Crippen molar-refractivity contribution in [3.63, 3.8) is 0 Å². The lowest BCUT2D eigenvalue weighted by Crippen LogP contribution is -2.14. The molecule has 19 heavy (non-hydrogen) atoms. The predicted molar refractivity (Wildman–Crippen MR) is 75.6 cm³/mol. The van der Waals surface area contributed by atoms with E-state index in [1.807, 2.05) is 0 Å². The highest BCUT2D eigenvalue weighted by Crippen LogP contribution is 2.21. The lowest BCUT2D eigenvalue weighted by Gasteiger charge is -2.09. The molecule has 0 saturated carbocycles. The molecule has 0 aliphatic rings. The van der Waals surface area contributed by atoms with Crippen LogP contribution in [0.25, 0.3) is 0 Å². The Labute approximate surface area is 120 Å². The van der Waals surface area contributed by atoms with E-state index in [2.05, 4.69) is 5.32 Å². The summed E-state index contributed by atoms with van der Waals surface area (Å²) in [5.41, 5.74) is 1.33. The number of rotatable bonds is 2. The molecule has 0 bridgehead atoms. The standard InChI is InChI=1S/C14H10Cl2FNO/c1-8-6-9(15)3-5-13(8)18-14(19)11-4-2-10(16)7-12(11)17/h2-7H,1H3,(H,18,19). The first-order valence-corrected chi connectivity index (χ1v) is 6.25. The van der Waals surface area contributed by atoms with Crippen molar-refractivity contribution in [2.24, 2.45) is 0 Å². The first kappa shape index (κ1) is 13.8. The quantitative estimate of drug-likeness (QED) is 0.856. The lowest BCUT2D eigenvalue weighted by molar-refractivity contribution is 0.102. The van der Waals surface area contributed by atoms with Gasteiger partial charge in [0.25, 0.3) is 5.91 Å². The van der Waals surface area contributed by atoms with Crippen molar-refractivity contribution in [1.29, 1.82) is 0 Å². The number of carbonyl (C=O) groups is 1. The average Bonchev–Trinajstić information content (AvgIpc) is 2.32. The van der Waals surface area contributed by atoms with E-state index in [4.69, 9.17) is 23.2 Å². The van der Waals surface area contributed by atoms with Gasteiger partial charge < -0.3 is 5.32 Å². The van der Waals surface area contributed by atoms with Crippen molar-refractivity contribution in [1.82, 2.24) is 0 Å². The van der Waals surface area contributed by atoms with Crippen LogP contribution in [0, 0.1) is 12.7 Å². The zero-order chi connectivity index (χ0) is 14.0. The SMILES string of the molecule is Cc1cc(Cl)ccc1NC(=O)c1ccc(Cl)cc1F. The van der Waals surface area contributed by atoms with Gasteiger partial charge in [-0.1, -0.05) is 23.2 Å². The van der Waals surface area contributed by atoms with Gasteiger partial charge in [0, 0.05) is 15.7 Å². The molecule has 2 rings (SSSR count). The topological polar surface area (TPSA) is 29.1 Å². The van der Waals surface area contributed by atoms with Gasteiger partial charge >= 0.3 is 0 Å². The van der Waals surface area contributed by atoms with E-state index in [1.54, 1.807) is 25.1 Å². The molecule has 2 aromatic carbocycles. The summed E-state index contributed by atoms with van der Waals surface area (Å²) < 4.78 is 13.6. The molecule has 2 aromatic rings. The summed E-state index contributed by atoms with van der Waals surface area (Å²) in [5.74, 6) is -1.18. The van der Waals surface area contributed by atoms with Crippen LogP contribution in [0.2, 0.25) is 10.0 Å². The van der Waals surface area contributed by atoms with Crippen LogP contribution in [0.4, 0.5) is 10.1 Å². The third-order valence-corrected chi connectivity index (χ3v) is 3.08. The van der Waals surface area contributed by atoms with Gasteiger partial charge in [0.05, 0.1) is 5.56 Å². The van der Waals surface area contributed by atoms with Crippen molar-refractivity contribution in [2.75, 3.05) is 5.32 Å². The van der Waals surface area contributed by atoms with Gasteiger partial charge in [-0.25, -0.2) is 4.39 Å². The molecule has 1 amide bonds. The maximum Gasteiger partial charge on any atom is 0.258 e. The molecule has 0 aromatic heterocycles. The molecular formula is C14H10Cl2FNO. The Balaban J connectivity index is 2.25. The summed E-state index contributed by atoms with van der Waals surface area (Å²) in [7, 11) is 0. The molecule has 0 heterocycles. The van der Waals surface area contributed by atoms with E-state index in [-0.39, 0.29) is 10.6 Å². The first-order chi connectivity index (χ1) is 8.97. The summed E-state index contributed by atoms with van der Waals surface area (Å²) in [6.45, 7) is 1.81. The molecule has 98 valence electrons. The number of nitrogens with one attached hydrogen (secondary N) is 1. The minimum absolute atomic E-state index is 0.0567. The highest BCUT2D eigenvalue weighted by atomic mass is 35.5. The maximum absolute atomic E-state index is 13.6. The Hall–Kier alpha value is -1.58. The predicted octanol–water partition coefficient (Wildman–Crippen LogP) is 4.69. The smallest absolute Gasteiger partial charge is 0.258 e. The molecule has 0 saturated heterocycles. The Morgan fingerprint density at radius 2 is 1.74 bits per heavy atom. The number of carbonyl (C=O) groups excluding carboxylic acids is 1. The number of anilines is 1. The fraction of sp³-hybridized carbons (Fsp3) is 0.0714. The van der Waals surface area contributed by atoms with Crippen LogP contribution >= 0.6 is 23.2 Å². The van der Waals surface area contributed by atoms with Gasteiger partial charge in [-0.05, 0) is 48.9 Å². The minimum Gasteiger partial charge on any atom is -0.322 e. The fourth-order valence-electron chi connectivity index (χ4n) is 1.63. The number of benzene rings is 2. The van der Waals surface area contributed by atoms with E-state index < -0.39 is 11.7 Å². The van der Waals surface area contributed by atoms with Gasteiger partial charge in [0.2, 0.25) is 0 Å². The maximum atomic E-state index is 13.6. The largest absolute Gasteiger partial charge is 0.322 e. The second kappa shape index (κ2) is 5.59. The molecular weight excluding hydrogens is 288 g/mol. The zero-order valence-corrected chi connectivity index (χ0v) is 11.5. The third kappa shape index (κ3) is 3.25. The fourth-order valence-corrected chi connectivity index (χ4v) is 2.02. The lowest BCUT2D eigenvalue weighted by atomic mass is 10.1. The van der Waals surface area contributed by atoms with Crippen LogP contribution in [0.1, 0.15) is 15.9 Å². The van der Waals surface area contributed by atoms with Crippen molar-refractivity contribution in [3.8, 4) is 0 Å². The molecule has 1 N–H and O–H groups in total. The van der Waals surface area contributed by atoms with Crippen molar-refractivity contribution < 1.29 is 9.18 Å². The Morgan fingerprint density at radius 3 is 2.37 bits per heavy atom. The van der Waals surface area contributed by atoms with Gasteiger partial charge in [-0.15, -0.1) is 0 Å².